The van der Waals surface area contributed by atoms with Crippen LogP contribution in [0.5, 0.6) is 0 Å². The maximum Gasteiger partial charge on any atom is 0.227 e. The largest absolute Gasteiger partial charge is 0.378 e. The molecule has 22 heavy (non-hydrogen) atoms. The fraction of sp³-hybridized carbons (Fsp3) is 0.688. The van der Waals surface area contributed by atoms with Gasteiger partial charge in [-0.2, -0.15) is 0 Å². The summed E-state index contributed by atoms with van der Waals surface area (Å²) in [5.74, 6) is 0.933. The molecule has 3 rings (SSSR count). The minimum atomic E-state index is 0.0188. The van der Waals surface area contributed by atoms with Crippen molar-refractivity contribution in [2.45, 2.75) is 45.1 Å². The summed E-state index contributed by atoms with van der Waals surface area (Å²) in [6.07, 6.45) is 8.35. The third kappa shape index (κ3) is 3.38. The molecule has 0 bridgehead atoms. The Morgan fingerprint density at radius 3 is 3.05 bits per heavy atom. The van der Waals surface area contributed by atoms with E-state index in [2.05, 4.69) is 27.1 Å². The standard InChI is InChI=1S/C16H24N4O2/c1-2-13-9-12(5-8-22-13)16(21)19-14-10-17-11-18-15(14)20-6-3-4-7-20/h10-13H,2-9H2,1H3,(H,19,21)/t12-,13+/m1/s1. The number of nitrogens with zero attached hydrogens (tertiary/aromatic N) is 3. The number of anilines is 2. The van der Waals surface area contributed by atoms with Crippen molar-refractivity contribution < 1.29 is 9.53 Å². The van der Waals surface area contributed by atoms with E-state index in [1.165, 1.54) is 12.8 Å². The van der Waals surface area contributed by atoms with E-state index in [9.17, 15) is 4.79 Å². The van der Waals surface area contributed by atoms with Crippen molar-refractivity contribution in [2.75, 3.05) is 29.9 Å². The van der Waals surface area contributed by atoms with Gasteiger partial charge in [0.1, 0.15) is 12.0 Å². The summed E-state index contributed by atoms with van der Waals surface area (Å²) in [7, 11) is 0. The average Bonchev–Trinajstić information content (AvgIpc) is 3.09. The number of hydrogen-bond acceptors (Lipinski definition) is 5. The molecule has 1 N–H and O–H groups in total. The summed E-state index contributed by atoms with van der Waals surface area (Å²) in [6.45, 7) is 4.76. The molecule has 0 aromatic carbocycles. The molecule has 1 aromatic rings. The minimum Gasteiger partial charge on any atom is -0.378 e. The molecule has 0 unspecified atom stereocenters. The van der Waals surface area contributed by atoms with Gasteiger partial charge in [-0.05, 0) is 32.1 Å². The molecule has 0 radical (unpaired) electrons. The lowest BCUT2D eigenvalue weighted by Crippen LogP contribution is -2.33. The second kappa shape index (κ2) is 7.05. The molecule has 2 atom stereocenters. The molecule has 120 valence electrons. The van der Waals surface area contributed by atoms with Crippen molar-refractivity contribution >= 4 is 17.4 Å². The van der Waals surface area contributed by atoms with Gasteiger partial charge in [0.2, 0.25) is 5.91 Å². The van der Waals surface area contributed by atoms with Gasteiger partial charge in [0, 0.05) is 25.6 Å². The first-order valence-corrected chi connectivity index (χ1v) is 8.25. The van der Waals surface area contributed by atoms with Crippen LogP contribution < -0.4 is 10.2 Å². The topological polar surface area (TPSA) is 67.4 Å². The first-order valence-electron chi connectivity index (χ1n) is 8.25. The van der Waals surface area contributed by atoms with Crippen molar-refractivity contribution in [1.82, 2.24) is 9.97 Å². The number of amides is 1. The van der Waals surface area contributed by atoms with Gasteiger partial charge in [-0.3, -0.25) is 4.79 Å². The van der Waals surface area contributed by atoms with Gasteiger partial charge in [0.15, 0.2) is 5.82 Å². The van der Waals surface area contributed by atoms with Gasteiger partial charge in [0.25, 0.3) is 0 Å². The molecular formula is C16H24N4O2. The summed E-state index contributed by atoms with van der Waals surface area (Å²) in [6, 6.07) is 0. The van der Waals surface area contributed by atoms with Crippen molar-refractivity contribution in [3.8, 4) is 0 Å². The van der Waals surface area contributed by atoms with Crippen molar-refractivity contribution in [3.63, 3.8) is 0 Å². The Morgan fingerprint density at radius 2 is 2.27 bits per heavy atom. The van der Waals surface area contributed by atoms with E-state index in [-0.39, 0.29) is 17.9 Å². The summed E-state index contributed by atoms with van der Waals surface area (Å²) in [5, 5.41) is 3.04. The molecule has 2 aliphatic rings. The van der Waals surface area contributed by atoms with Crippen LogP contribution in [0, 0.1) is 5.92 Å². The number of hydrogen-bond donors (Lipinski definition) is 1. The van der Waals surface area contributed by atoms with Crippen molar-refractivity contribution in [3.05, 3.63) is 12.5 Å². The Morgan fingerprint density at radius 1 is 1.45 bits per heavy atom. The maximum atomic E-state index is 12.6. The van der Waals surface area contributed by atoms with E-state index in [4.69, 9.17) is 4.74 Å². The monoisotopic (exact) mass is 304 g/mol. The quantitative estimate of drug-likeness (QED) is 0.924. The second-order valence-electron chi connectivity index (χ2n) is 6.07. The predicted octanol–water partition coefficient (Wildman–Crippen LogP) is 2.22. The average molecular weight is 304 g/mol. The van der Waals surface area contributed by atoms with E-state index < -0.39 is 0 Å². The smallest absolute Gasteiger partial charge is 0.227 e. The first-order chi connectivity index (χ1) is 10.8. The highest BCUT2D eigenvalue weighted by molar-refractivity contribution is 5.95. The number of carbonyl (C=O) groups is 1. The Kier molecular flexibility index (Phi) is 4.87. The van der Waals surface area contributed by atoms with Gasteiger partial charge >= 0.3 is 0 Å². The molecule has 0 saturated carbocycles. The van der Waals surface area contributed by atoms with Crippen LogP contribution in [0.25, 0.3) is 0 Å². The highest BCUT2D eigenvalue weighted by atomic mass is 16.5. The summed E-state index contributed by atoms with van der Waals surface area (Å²) < 4.78 is 5.65. The SMILES string of the molecule is CC[C@H]1C[C@H](C(=O)Nc2cncnc2N2CCCC2)CCO1. The Labute approximate surface area is 131 Å². The summed E-state index contributed by atoms with van der Waals surface area (Å²) >= 11 is 0. The van der Waals surface area contributed by atoms with Gasteiger partial charge in [-0.15, -0.1) is 0 Å². The van der Waals surface area contributed by atoms with Crippen LogP contribution in [0.2, 0.25) is 0 Å². The van der Waals surface area contributed by atoms with E-state index in [1.54, 1.807) is 12.5 Å². The van der Waals surface area contributed by atoms with Gasteiger partial charge in [-0.1, -0.05) is 6.92 Å². The van der Waals surface area contributed by atoms with Crippen LogP contribution in [0.4, 0.5) is 11.5 Å². The lowest BCUT2D eigenvalue weighted by atomic mass is 9.93. The minimum absolute atomic E-state index is 0.0188. The predicted molar refractivity (Wildman–Crippen MR) is 84.9 cm³/mol. The number of ether oxygens (including phenoxy) is 1. The summed E-state index contributed by atoms with van der Waals surface area (Å²) in [5.41, 5.74) is 0.731. The van der Waals surface area contributed by atoms with Crippen LogP contribution in [0.15, 0.2) is 12.5 Å². The Balaban J connectivity index is 1.68. The molecule has 0 aliphatic carbocycles. The second-order valence-corrected chi connectivity index (χ2v) is 6.07. The van der Waals surface area contributed by atoms with Crippen LogP contribution in [-0.4, -0.2) is 41.7 Å². The lowest BCUT2D eigenvalue weighted by Gasteiger charge is -2.28. The molecule has 1 amide bonds. The number of rotatable bonds is 4. The van der Waals surface area contributed by atoms with Crippen molar-refractivity contribution in [1.29, 1.82) is 0 Å². The third-order valence-corrected chi connectivity index (χ3v) is 4.55. The van der Waals surface area contributed by atoms with E-state index in [0.717, 1.165) is 43.9 Å². The molecule has 2 saturated heterocycles. The fourth-order valence-corrected chi connectivity index (χ4v) is 3.23. The number of carbonyl (C=O) groups excluding carboxylic acids is 1. The molecule has 0 spiro atoms. The molecule has 6 nitrogen and oxygen atoms in total. The zero-order valence-electron chi connectivity index (χ0n) is 13.1. The Hall–Kier alpha value is -1.69. The van der Waals surface area contributed by atoms with Gasteiger partial charge < -0.3 is 15.0 Å². The Bertz CT molecular complexity index is 517. The van der Waals surface area contributed by atoms with Crippen LogP contribution in [0.3, 0.4) is 0 Å². The highest BCUT2D eigenvalue weighted by Crippen LogP contribution is 2.28. The summed E-state index contributed by atoms with van der Waals surface area (Å²) in [4.78, 5) is 23.2. The number of aromatic nitrogens is 2. The lowest BCUT2D eigenvalue weighted by molar-refractivity contribution is -0.124. The number of nitrogens with one attached hydrogen (secondary N) is 1. The van der Waals surface area contributed by atoms with E-state index in [0.29, 0.717) is 6.61 Å². The zero-order valence-corrected chi connectivity index (χ0v) is 13.1. The van der Waals surface area contributed by atoms with Crippen LogP contribution in [-0.2, 0) is 9.53 Å². The van der Waals surface area contributed by atoms with Crippen molar-refractivity contribution in [2.24, 2.45) is 5.92 Å². The highest BCUT2D eigenvalue weighted by Gasteiger charge is 2.28. The first kappa shape index (κ1) is 15.2. The third-order valence-electron chi connectivity index (χ3n) is 4.55. The fourth-order valence-electron chi connectivity index (χ4n) is 3.23. The van der Waals surface area contributed by atoms with E-state index >= 15 is 0 Å². The van der Waals surface area contributed by atoms with E-state index in [1.807, 2.05) is 0 Å². The van der Waals surface area contributed by atoms with Gasteiger partial charge in [-0.25, -0.2) is 9.97 Å². The van der Waals surface area contributed by atoms with Crippen LogP contribution >= 0.6 is 0 Å². The van der Waals surface area contributed by atoms with Crippen LogP contribution in [0.1, 0.15) is 39.0 Å². The molecular weight excluding hydrogens is 280 g/mol. The molecule has 3 heterocycles. The molecule has 2 aliphatic heterocycles. The zero-order chi connectivity index (χ0) is 15.4. The van der Waals surface area contributed by atoms with Gasteiger partial charge in [0.05, 0.1) is 12.3 Å². The molecule has 1 aromatic heterocycles. The maximum absolute atomic E-state index is 12.6. The normalized spacial score (nSPS) is 25.2. The molecule has 2 fully saturated rings. The molecule has 6 heteroatoms.